The van der Waals surface area contributed by atoms with Crippen LogP contribution in [0.2, 0.25) is 0 Å². The molecule has 1 aromatic heterocycles. The van der Waals surface area contributed by atoms with Crippen molar-refractivity contribution < 1.29 is 4.39 Å². The van der Waals surface area contributed by atoms with Crippen molar-refractivity contribution in [3.05, 3.63) is 51.5 Å². The molecule has 0 radical (unpaired) electrons. The molecule has 0 bridgehead atoms. The molecule has 0 aliphatic carbocycles. The van der Waals surface area contributed by atoms with Crippen LogP contribution in [0, 0.1) is 5.82 Å². The first kappa shape index (κ1) is 14.5. The second-order valence-corrected chi connectivity index (χ2v) is 6.50. The molecule has 0 saturated heterocycles. The predicted octanol–water partition coefficient (Wildman–Crippen LogP) is 3.95. The molecular weight excluding hydrogens is 283 g/mol. The molecule has 0 saturated carbocycles. The summed E-state index contributed by atoms with van der Waals surface area (Å²) in [5, 5.41) is 5.44. The average molecular weight is 304 g/mol. The van der Waals surface area contributed by atoms with Crippen molar-refractivity contribution in [2.75, 3.05) is 18.0 Å². The number of hydrogen-bond donors (Lipinski definition) is 1. The van der Waals surface area contributed by atoms with Crippen LogP contribution < -0.4 is 10.2 Å². The molecule has 112 valence electrons. The lowest BCUT2D eigenvalue weighted by Gasteiger charge is -2.29. The zero-order valence-electron chi connectivity index (χ0n) is 12.4. The smallest absolute Gasteiger partial charge is 0.146 e. The van der Waals surface area contributed by atoms with Crippen LogP contribution in [0.3, 0.4) is 0 Å². The summed E-state index contributed by atoms with van der Waals surface area (Å²) < 4.78 is 14.4. The van der Waals surface area contributed by atoms with Crippen LogP contribution in [-0.2, 0) is 19.5 Å². The summed E-state index contributed by atoms with van der Waals surface area (Å²) in [7, 11) is 0. The number of rotatable bonds is 5. The average Bonchev–Trinajstić information content (AvgIpc) is 2.95. The van der Waals surface area contributed by atoms with E-state index in [0.717, 1.165) is 50.3 Å². The van der Waals surface area contributed by atoms with Crippen LogP contribution in [0.4, 0.5) is 10.1 Å². The summed E-state index contributed by atoms with van der Waals surface area (Å²) in [5.41, 5.74) is 3.09. The van der Waals surface area contributed by atoms with Gasteiger partial charge in [0.2, 0.25) is 0 Å². The van der Waals surface area contributed by atoms with Crippen molar-refractivity contribution in [3.63, 3.8) is 0 Å². The number of halogens is 1. The van der Waals surface area contributed by atoms with E-state index in [2.05, 4.69) is 28.6 Å². The maximum atomic E-state index is 14.4. The third-order valence-corrected chi connectivity index (χ3v) is 4.94. The lowest BCUT2D eigenvalue weighted by Crippen LogP contribution is -2.30. The summed E-state index contributed by atoms with van der Waals surface area (Å²) in [6.07, 6.45) is 2.11. The number of hydrogen-bond acceptors (Lipinski definition) is 3. The van der Waals surface area contributed by atoms with Gasteiger partial charge in [-0.05, 0) is 54.1 Å². The van der Waals surface area contributed by atoms with Gasteiger partial charge in [-0.3, -0.25) is 0 Å². The highest BCUT2D eigenvalue weighted by Crippen LogP contribution is 2.29. The molecule has 1 aliphatic rings. The van der Waals surface area contributed by atoms with Crippen LogP contribution in [0.1, 0.15) is 29.3 Å². The minimum atomic E-state index is -0.107. The lowest BCUT2D eigenvalue weighted by atomic mass is 10.1. The van der Waals surface area contributed by atoms with Crippen LogP contribution in [0.15, 0.2) is 29.6 Å². The topological polar surface area (TPSA) is 15.3 Å². The Kier molecular flexibility index (Phi) is 4.56. The maximum absolute atomic E-state index is 14.4. The monoisotopic (exact) mass is 304 g/mol. The molecule has 21 heavy (non-hydrogen) atoms. The summed E-state index contributed by atoms with van der Waals surface area (Å²) in [6, 6.07) is 7.79. The normalized spacial score (nSPS) is 14.3. The molecule has 0 unspecified atom stereocenters. The molecule has 0 fully saturated rings. The van der Waals surface area contributed by atoms with Gasteiger partial charge in [0.1, 0.15) is 5.82 Å². The molecule has 1 aromatic carbocycles. The molecule has 1 N–H and O–H groups in total. The van der Waals surface area contributed by atoms with Crippen LogP contribution >= 0.6 is 11.3 Å². The van der Waals surface area contributed by atoms with Gasteiger partial charge < -0.3 is 10.2 Å². The number of nitrogens with zero attached hydrogens (tertiary/aromatic N) is 1. The third kappa shape index (κ3) is 3.27. The summed E-state index contributed by atoms with van der Waals surface area (Å²) in [6.45, 7) is 5.56. The number of nitrogens with one attached hydrogen (secondary N) is 1. The second kappa shape index (κ2) is 6.58. The van der Waals surface area contributed by atoms with Gasteiger partial charge in [-0.25, -0.2) is 4.39 Å². The largest absolute Gasteiger partial charge is 0.364 e. The Bertz CT molecular complexity index is 609. The predicted molar refractivity (Wildman–Crippen MR) is 87.5 cm³/mol. The molecule has 0 spiro atoms. The second-order valence-electron chi connectivity index (χ2n) is 5.50. The van der Waals surface area contributed by atoms with Crippen molar-refractivity contribution >= 4 is 17.0 Å². The Hall–Kier alpha value is -1.39. The Morgan fingerprint density at radius 3 is 3.05 bits per heavy atom. The van der Waals surface area contributed by atoms with Gasteiger partial charge in [-0.1, -0.05) is 13.0 Å². The first-order valence-electron chi connectivity index (χ1n) is 7.57. The van der Waals surface area contributed by atoms with E-state index in [1.807, 2.05) is 23.5 Å². The highest BCUT2D eigenvalue weighted by molar-refractivity contribution is 7.10. The van der Waals surface area contributed by atoms with Crippen LogP contribution in [0.5, 0.6) is 0 Å². The highest BCUT2D eigenvalue weighted by atomic mass is 32.1. The molecule has 0 amide bonds. The van der Waals surface area contributed by atoms with E-state index in [-0.39, 0.29) is 5.82 Å². The van der Waals surface area contributed by atoms with Gasteiger partial charge in [0.05, 0.1) is 5.69 Å². The van der Waals surface area contributed by atoms with Crippen molar-refractivity contribution in [1.82, 2.24) is 5.32 Å². The first-order chi connectivity index (χ1) is 10.3. The Morgan fingerprint density at radius 2 is 2.24 bits per heavy atom. The molecule has 2 heterocycles. The minimum Gasteiger partial charge on any atom is -0.364 e. The quantitative estimate of drug-likeness (QED) is 0.842. The summed E-state index contributed by atoms with van der Waals surface area (Å²) >= 11 is 1.81. The fourth-order valence-electron chi connectivity index (χ4n) is 2.78. The molecule has 0 atom stereocenters. The Morgan fingerprint density at radius 1 is 1.33 bits per heavy atom. The zero-order valence-corrected chi connectivity index (χ0v) is 13.2. The van der Waals surface area contributed by atoms with Crippen LogP contribution in [-0.4, -0.2) is 13.1 Å². The van der Waals surface area contributed by atoms with Gasteiger partial charge in [-0.15, -0.1) is 11.3 Å². The van der Waals surface area contributed by atoms with E-state index in [1.54, 1.807) is 6.07 Å². The van der Waals surface area contributed by atoms with Crippen molar-refractivity contribution in [2.24, 2.45) is 0 Å². The van der Waals surface area contributed by atoms with Gasteiger partial charge in [-0.2, -0.15) is 0 Å². The number of benzene rings is 1. The molecule has 2 nitrogen and oxygen atoms in total. The number of anilines is 1. The van der Waals surface area contributed by atoms with Crippen LogP contribution in [0.25, 0.3) is 0 Å². The molecule has 2 aromatic rings. The van der Waals surface area contributed by atoms with E-state index in [0.29, 0.717) is 0 Å². The zero-order chi connectivity index (χ0) is 14.7. The van der Waals surface area contributed by atoms with E-state index >= 15 is 0 Å². The third-order valence-electron chi connectivity index (χ3n) is 3.92. The van der Waals surface area contributed by atoms with Crippen molar-refractivity contribution in [1.29, 1.82) is 0 Å². The van der Waals surface area contributed by atoms with Crippen molar-refractivity contribution in [2.45, 2.75) is 32.9 Å². The van der Waals surface area contributed by atoms with Gasteiger partial charge in [0.15, 0.2) is 0 Å². The van der Waals surface area contributed by atoms with E-state index in [4.69, 9.17) is 0 Å². The standard InChI is InChI=1S/C17H21FN2S/c1-2-7-19-11-13-3-4-16(15(18)10-13)20-8-5-17-14(12-20)6-9-21-17/h3-4,6,9-10,19H,2,5,7-8,11-12H2,1H3. The fraction of sp³-hybridized carbons (Fsp3) is 0.412. The summed E-state index contributed by atoms with van der Waals surface area (Å²) in [4.78, 5) is 3.60. The Balaban J connectivity index is 1.71. The lowest BCUT2D eigenvalue weighted by molar-refractivity contribution is 0.605. The SMILES string of the molecule is CCCNCc1ccc(N2CCc3sccc3C2)c(F)c1. The van der Waals surface area contributed by atoms with E-state index in [1.165, 1.54) is 10.4 Å². The van der Waals surface area contributed by atoms with Gasteiger partial charge >= 0.3 is 0 Å². The van der Waals surface area contributed by atoms with Crippen molar-refractivity contribution in [3.8, 4) is 0 Å². The fourth-order valence-corrected chi connectivity index (χ4v) is 3.67. The minimum absolute atomic E-state index is 0.107. The molecular formula is C17H21FN2S. The molecule has 4 heteroatoms. The van der Waals surface area contributed by atoms with Gasteiger partial charge in [0, 0.05) is 24.5 Å². The molecule has 3 rings (SSSR count). The maximum Gasteiger partial charge on any atom is 0.146 e. The van der Waals surface area contributed by atoms with E-state index < -0.39 is 0 Å². The van der Waals surface area contributed by atoms with E-state index in [9.17, 15) is 4.39 Å². The Labute approximate surface area is 129 Å². The van der Waals surface area contributed by atoms with Gasteiger partial charge in [0.25, 0.3) is 0 Å². The number of thiophene rings is 1. The summed E-state index contributed by atoms with van der Waals surface area (Å²) in [5.74, 6) is -0.107. The number of fused-ring (bicyclic) bond motifs is 1. The molecule has 1 aliphatic heterocycles. The first-order valence-corrected chi connectivity index (χ1v) is 8.45. The highest BCUT2D eigenvalue weighted by Gasteiger charge is 2.19.